The molecule has 1 heterocycles. The third kappa shape index (κ3) is 5.38. The van der Waals surface area contributed by atoms with Gasteiger partial charge in [-0.2, -0.15) is 0 Å². The number of fused-ring (bicyclic) bond motifs is 1. The smallest absolute Gasteiger partial charge is 0.326 e. The fourth-order valence-corrected chi connectivity index (χ4v) is 3.76. The number of carboxylic acids is 1. The lowest BCUT2D eigenvalue weighted by Crippen LogP contribution is -2.61. The van der Waals surface area contributed by atoms with E-state index in [1.54, 1.807) is 38.1 Å². The molecule has 0 aliphatic carbocycles. The Morgan fingerprint density at radius 2 is 1.69 bits per heavy atom. The molecule has 0 spiro atoms. The highest BCUT2D eigenvalue weighted by atomic mass is 16.4. The van der Waals surface area contributed by atoms with E-state index in [0.29, 0.717) is 17.8 Å². The van der Waals surface area contributed by atoms with Crippen LogP contribution in [0.4, 0.5) is 16.2 Å². The average Bonchev–Trinajstić information content (AvgIpc) is 2.73. The van der Waals surface area contributed by atoms with Gasteiger partial charge in [-0.1, -0.05) is 60.1 Å². The quantitative estimate of drug-likeness (QED) is 0.488. The zero-order valence-corrected chi connectivity index (χ0v) is 19.5. The van der Waals surface area contributed by atoms with Crippen molar-refractivity contribution >= 4 is 35.2 Å². The van der Waals surface area contributed by atoms with Crippen molar-refractivity contribution in [3.05, 3.63) is 24.3 Å². The van der Waals surface area contributed by atoms with Crippen LogP contribution in [0.2, 0.25) is 0 Å². The lowest BCUT2D eigenvalue weighted by atomic mass is 9.96. The van der Waals surface area contributed by atoms with Crippen molar-refractivity contribution < 1.29 is 24.3 Å². The minimum absolute atomic E-state index is 0.178. The molecule has 1 aliphatic rings. The Bertz CT molecular complexity index is 870. The monoisotopic (exact) mass is 446 g/mol. The Morgan fingerprint density at radius 3 is 2.22 bits per heavy atom. The highest BCUT2D eigenvalue weighted by Gasteiger charge is 2.40. The van der Waals surface area contributed by atoms with E-state index in [4.69, 9.17) is 0 Å². The molecular weight excluding hydrogens is 412 g/mol. The van der Waals surface area contributed by atoms with Crippen molar-refractivity contribution in [3.63, 3.8) is 0 Å². The van der Waals surface area contributed by atoms with Crippen molar-refractivity contribution in [3.8, 4) is 0 Å². The van der Waals surface area contributed by atoms with Crippen molar-refractivity contribution in [1.82, 2.24) is 10.6 Å². The summed E-state index contributed by atoms with van der Waals surface area (Å²) in [6.07, 6.45) is 0.586. The lowest BCUT2D eigenvalue weighted by molar-refractivity contribution is -0.143. The first-order valence-electron chi connectivity index (χ1n) is 11.0. The average molecular weight is 447 g/mol. The van der Waals surface area contributed by atoms with E-state index in [0.717, 1.165) is 0 Å². The summed E-state index contributed by atoms with van der Waals surface area (Å²) in [5.41, 5.74) is 1.05. The van der Waals surface area contributed by atoms with Gasteiger partial charge in [-0.3, -0.25) is 14.5 Å². The molecule has 0 bridgehead atoms. The van der Waals surface area contributed by atoms with Crippen molar-refractivity contribution in [2.75, 3.05) is 10.2 Å². The minimum atomic E-state index is -1.14. The Kier molecular flexibility index (Phi) is 8.24. The molecule has 4 atom stereocenters. The first-order chi connectivity index (χ1) is 15.0. The summed E-state index contributed by atoms with van der Waals surface area (Å²) in [6, 6.07) is 3.61. The SMILES string of the molecule is CC[C@H](C)[C@H](NC(=O)N1c2ccccc2NC(=O)[C@H]1C(C)C)C(=O)N[C@@H](C(=O)O)C(C)C. The number of amides is 4. The molecule has 0 saturated carbocycles. The zero-order valence-electron chi connectivity index (χ0n) is 19.5. The van der Waals surface area contributed by atoms with E-state index >= 15 is 0 Å². The van der Waals surface area contributed by atoms with Gasteiger partial charge in [0.15, 0.2) is 0 Å². The Balaban J connectivity index is 2.36. The summed E-state index contributed by atoms with van der Waals surface area (Å²) in [7, 11) is 0. The van der Waals surface area contributed by atoms with Crippen LogP contribution in [0.15, 0.2) is 24.3 Å². The topological polar surface area (TPSA) is 128 Å². The van der Waals surface area contributed by atoms with E-state index in [2.05, 4.69) is 16.0 Å². The standard InChI is InChI=1S/C23H34N4O5/c1-7-14(6)18(20(28)25-17(12(2)3)22(30)31)26-23(32)27-16-11-9-8-10-15(16)24-21(29)19(27)13(4)5/h8-14,17-19H,7H2,1-6H3,(H,24,29)(H,25,28)(H,26,32)(H,30,31)/t14-,17+,18-,19+/m0/s1. The number of carboxylic acid groups (broad SMARTS) is 1. The maximum atomic E-state index is 13.4. The molecular formula is C23H34N4O5. The van der Waals surface area contributed by atoms with Crippen LogP contribution in [0.25, 0.3) is 0 Å². The maximum Gasteiger partial charge on any atom is 0.326 e. The molecule has 0 saturated heterocycles. The number of rotatable bonds is 8. The van der Waals surface area contributed by atoms with Crippen LogP contribution in [-0.4, -0.2) is 47.0 Å². The van der Waals surface area contributed by atoms with Gasteiger partial charge in [0.05, 0.1) is 11.4 Å². The Morgan fingerprint density at radius 1 is 1.06 bits per heavy atom. The maximum absolute atomic E-state index is 13.4. The highest BCUT2D eigenvalue weighted by molar-refractivity contribution is 6.12. The number of anilines is 2. The number of urea groups is 1. The van der Waals surface area contributed by atoms with Gasteiger partial charge in [-0.25, -0.2) is 9.59 Å². The highest BCUT2D eigenvalue weighted by Crippen LogP contribution is 2.34. The number of para-hydroxylation sites is 2. The van der Waals surface area contributed by atoms with Gasteiger partial charge >= 0.3 is 12.0 Å². The van der Waals surface area contributed by atoms with Gasteiger partial charge in [0.25, 0.3) is 0 Å². The van der Waals surface area contributed by atoms with Crippen LogP contribution in [0.1, 0.15) is 48.0 Å². The molecule has 1 aromatic carbocycles. The number of hydrogen-bond acceptors (Lipinski definition) is 4. The number of aliphatic carboxylic acids is 1. The molecule has 2 rings (SSSR count). The second-order valence-electron chi connectivity index (χ2n) is 8.95. The summed E-state index contributed by atoms with van der Waals surface area (Å²) in [6.45, 7) is 10.8. The van der Waals surface area contributed by atoms with E-state index in [1.165, 1.54) is 4.90 Å². The zero-order chi connectivity index (χ0) is 24.2. The number of benzene rings is 1. The van der Waals surface area contributed by atoms with Crippen molar-refractivity contribution in [1.29, 1.82) is 0 Å². The predicted octanol–water partition coefficient (Wildman–Crippen LogP) is 2.82. The van der Waals surface area contributed by atoms with Gasteiger partial charge in [0.1, 0.15) is 18.1 Å². The van der Waals surface area contributed by atoms with Crippen molar-refractivity contribution in [2.24, 2.45) is 17.8 Å². The van der Waals surface area contributed by atoms with Crippen LogP contribution in [0, 0.1) is 17.8 Å². The van der Waals surface area contributed by atoms with Gasteiger partial charge in [0, 0.05) is 0 Å². The van der Waals surface area contributed by atoms with Crippen molar-refractivity contribution in [2.45, 2.75) is 66.1 Å². The van der Waals surface area contributed by atoms with Gasteiger partial charge in [-0.15, -0.1) is 0 Å². The predicted molar refractivity (Wildman–Crippen MR) is 122 cm³/mol. The molecule has 0 radical (unpaired) electrons. The molecule has 0 aromatic heterocycles. The summed E-state index contributed by atoms with van der Waals surface area (Å²) < 4.78 is 0. The first-order valence-corrected chi connectivity index (χ1v) is 11.0. The van der Waals surface area contributed by atoms with E-state index in [-0.39, 0.29) is 23.7 Å². The number of hydrogen-bond donors (Lipinski definition) is 4. The molecule has 4 N–H and O–H groups in total. The number of nitrogens with one attached hydrogen (secondary N) is 3. The molecule has 32 heavy (non-hydrogen) atoms. The molecule has 0 unspecified atom stereocenters. The number of nitrogens with zero attached hydrogens (tertiary/aromatic N) is 1. The van der Waals surface area contributed by atoms with Crippen LogP contribution in [0.3, 0.4) is 0 Å². The van der Waals surface area contributed by atoms with E-state index in [1.807, 2.05) is 27.7 Å². The molecule has 1 aromatic rings. The third-order valence-electron chi connectivity index (χ3n) is 5.82. The lowest BCUT2D eigenvalue weighted by Gasteiger charge is -2.39. The van der Waals surface area contributed by atoms with Crippen LogP contribution >= 0.6 is 0 Å². The molecule has 9 nitrogen and oxygen atoms in total. The second-order valence-corrected chi connectivity index (χ2v) is 8.95. The fraction of sp³-hybridized carbons (Fsp3) is 0.565. The fourth-order valence-electron chi connectivity index (χ4n) is 3.76. The first kappa shape index (κ1) is 25.2. The largest absolute Gasteiger partial charge is 0.480 e. The molecule has 9 heteroatoms. The summed E-state index contributed by atoms with van der Waals surface area (Å²) in [5, 5.41) is 17.6. The van der Waals surface area contributed by atoms with Gasteiger partial charge in [-0.05, 0) is 29.9 Å². The Labute approximate surface area is 188 Å². The summed E-state index contributed by atoms with van der Waals surface area (Å²) in [4.78, 5) is 52.1. The Hall–Kier alpha value is -3.10. The van der Waals surface area contributed by atoms with Gasteiger partial charge < -0.3 is 21.1 Å². The number of carbonyl (C=O) groups is 4. The molecule has 0 fully saturated rings. The number of carbonyl (C=O) groups excluding carboxylic acids is 3. The van der Waals surface area contributed by atoms with Crippen LogP contribution < -0.4 is 20.9 Å². The summed E-state index contributed by atoms with van der Waals surface area (Å²) in [5.74, 6) is -2.76. The molecule has 176 valence electrons. The van der Waals surface area contributed by atoms with E-state index < -0.39 is 36.0 Å². The summed E-state index contributed by atoms with van der Waals surface area (Å²) >= 11 is 0. The van der Waals surface area contributed by atoms with Crippen LogP contribution in [0.5, 0.6) is 0 Å². The van der Waals surface area contributed by atoms with Gasteiger partial charge in [0.2, 0.25) is 11.8 Å². The van der Waals surface area contributed by atoms with E-state index in [9.17, 15) is 24.3 Å². The minimum Gasteiger partial charge on any atom is -0.480 e. The third-order valence-corrected chi connectivity index (χ3v) is 5.82. The molecule has 4 amide bonds. The second kappa shape index (κ2) is 10.5. The molecule has 1 aliphatic heterocycles. The normalized spacial score (nSPS) is 18.4. The van der Waals surface area contributed by atoms with Crippen LogP contribution in [-0.2, 0) is 14.4 Å².